The number of nitrogens with one attached hydrogen (secondary N) is 2. The lowest BCUT2D eigenvalue weighted by atomic mass is 9.97. The summed E-state index contributed by atoms with van der Waals surface area (Å²) in [6.07, 6.45) is 1.58. The summed E-state index contributed by atoms with van der Waals surface area (Å²) in [5, 5.41) is 4.59. The van der Waals surface area contributed by atoms with Crippen molar-refractivity contribution in [2.45, 2.75) is 57.0 Å². The van der Waals surface area contributed by atoms with Crippen LogP contribution < -0.4 is 21.1 Å². The minimum absolute atomic E-state index is 0.0172. The lowest BCUT2D eigenvalue weighted by Crippen LogP contribution is -2.73. The zero-order valence-corrected chi connectivity index (χ0v) is 28.0. The van der Waals surface area contributed by atoms with Crippen molar-refractivity contribution in [3.63, 3.8) is 0 Å². The molecule has 0 spiro atoms. The molecule has 2 aliphatic rings. The molecule has 2 aliphatic heterocycles. The van der Waals surface area contributed by atoms with Crippen LogP contribution in [0.5, 0.6) is 5.75 Å². The number of carbonyl (C=O) groups is 4. The van der Waals surface area contributed by atoms with Crippen LogP contribution in [0.1, 0.15) is 38.8 Å². The number of benzene rings is 2. The Labute approximate surface area is 279 Å². The van der Waals surface area contributed by atoms with E-state index in [-0.39, 0.29) is 18.1 Å². The highest BCUT2D eigenvalue weighted by Crippen LogP contribution is 2.41. The van der Waals surface area contributed by atoms with Crippen molar-refractivity contribution < 1.29 is 38.1 Å². The highest BCUT2D eigenvalue weighted by atomic mass is 32.2. The smallest absolute Gasteiger partial charge is 0.497 e. The van der Waals surface area contributed by atoms with Gasteiger partial charge in [-0.15, -0.1) is 23.1 Å². The lowest BCUT2D eigenvalue weighted by Gasteiger charge is -2.49. The Balaban J connectivity index is 1.33. The molecule has 0 radical (unpaired) electrons. The Bertz CT molecular complexity index is 1750. The first-order chi connectivity index (χ1) is 22.3. The first-order valence-corrected chi connectivity index (χ1v) is 16.5. The number of ether oxygens (including phenoxy) is 4. The molecule has 5 rings (SSSR count). The van der Waals surface area contributed by atoms with Crippen LogP contribution in [0.25, 0.3) is 10.2 Å². The SMILES string of the molecule is C/C=C\C1=C(OC(=O)OCc2ccc(OC)cc2)N2C(=O)C(NC(=O)C(N)(NC(=O)OC(C)(C)C)c3ccc4ncsc4c3)[C@@H]2SC1. The van der Waals surface area contributed by atoms with Crippen LogP contribution in [0.15, 0.2) is 71.6 Å². The van der Waals surface area contributed by atoms with Crippen LogP contribution >= 0.6 is 23.1 Å². The molecule has 0 bridgehead atoms. The van der Waals surface area contributed by atoms with Gasteiger partial charge in [-0.1, -0.05) is 30.4 Å². The van der Waals surface area contributed by atoms with E-state index < -0.39 is 46.7 Å². The van der Waals surface area contributed by atoms with Crippen molar-refractivity contribution >= 4 is 57.4 Å². The number of hydrogen-bond donors (Lipinski definition) is 3. The fourth-order valence-electron chi connectivity index (χ4n) is 4.86. The molecule has 0 aliphatic carbocycles. The lowest BCUT2D eigenvalue weighted by molar-refractivity contribution is -0.150. The summed E-state index contributed by atoms with van der Waals surface area (Å²) in [7, 11) is 1.55. The summed E-state index contributed by atoms with van der Waals surface area (Å²) >= 11 is 2.71. The monoisotopic (exact) mass is 681 g/mol. The number of methoxy groups -OCH3 is 1. The number of thiazole rings is 1. The third kappa shape index (κ3) is 7.37. The van der Waals surface area contributed by atoms with E-state index in [0.29, 0.717) is 28.2 Å². The molecule has 3 aromatic rings. The summed E-state index contributed by atoms with van der Waals surface area (Å²) in [6, 6.07) is 10.9. The number of nitrogens with zero attached hydrogens (tertiary/aromatic N) is 2. The van der Waals surface area contributed by atoms with Gasteiger partial charge in [-0.3, -0.25) is 25.5 Å². The zero-order valence-electron chi connectivity index (χ0n) is 26.4. The number of hydrogen-bond acceptors (Lipinski definition) is 12. The van der Waals surface area contributed by atoms with E-state index in [1.165, 1.54) is 28.0 Å². The number of fused-ring (bicyclic) bond motifs is 2. The van der Waals surface area contributed by atoms with Gasteiger partial charge < -0.3 is 24.3 Å². The quantitative estimate of drug-likeness (QED) is 0.165. The Morgan fingerprint density at radius 2 is 1.89 bits per heavy atom. The number of amides is 3. The average molecular weight is 682 g/mol. The Hall–Kier alpha value is -4.60. The van der Waals surface area contributed by atoms with Gasteiger partial charge in [-0.25, -0.2) is 14.6 Å². The van der Waals surface area contributed by atoms with Crippen LogP contribution in [0.2, 0.25) is 0 Å². The molecular formula is C32H35N5O8S2. The fraction of sp³-hybridized carbons (Fsp3) is 0.344. The fourth-order valence-corrected chi connectivity index (χ4v) is 6.87. The maximum Gasteiger partial charge on any atom is 0.515 e. The second-order valence-electron chi connectivity index (χ2n) is 11.6. The number of nitrogens with two attached hydrogens (primary N) is 1. The maximum atomic E-state index is 13.9. The van der Waals surface area contributed by atoms with Gasteiger partial charge in [0.05, 0.1) is 22.8 Å². The molecule has 0 saturated carbocycles. The van der Waals surface area contributed by atoms with Gasteiger partial charge in [-0.2, -0.15) is 0 Å². The predicted molar refractivity (Wildman–Crippen MR) is 176 cm³/mol. The number of allylic oxidation sites excluding steroid dienone is 2. The molecular weight excluding hydrogens is 647 g/mol. The number of aromatic nitrogens is 1. The Morgan fingerprint density at radius 3 is 2.57 bits per heavy atom. The van der Waals surface area contributed by atoms with E-state index in [9.17, 15) is 19.2 Å². The molecule has 3 atom stereocenters. The molecule has 13 nitrogen and oxygen atoms in total. The van der Waals surface area contributed by atoms with E-state index in [4.69, 9.17) is 24.7 Å². The molecule has 15 heteroatoms. The van der Waals surface area contributed by atoms with Crippen molar-refractivity contribution in [3.05, 3.63) is 82.7 Å². The van der Waals surface area contributed by atoms with Gasteiger partial charge in [0.25, 0.3) is 11.8 Å². The molecule has 3 amide bonds. The first-order valence-electron chi connectivity index (χ1n) is 14.6. The normalized spacial score (nSPS) is 19.0. The number of thioether (sulfide) groups is 1. The Morgan fingerprint density at radius 1 is 1.15 bits per heavy atom. The van der Waals surface area contributed by atoms with Crippen molar-refractivity contribution in [2.75, 3.05) is 12.9 Å². The van der Waals surface area contributed by atoms with E-state index in [1.54, 1.807) is 94.9 Å². The van der Waals surface area contributed by atoms with Crippen molar-refractivity contribution in [2.24, 2.45) is 5.73 Å². The predicted octanol–water partition coefficient (Wildman–Crippen LogP) is 4.48. The molecule has 1 saturated heterocycles. The molecule has 248 valence electrons. The molecule has 2 unspecified atom stereocenters. The molecule has 1 fully saturated rings. The second kappa shape index (κ2) is 13.6. The third-order valence-electron chi connectivity index (χ3n) is 7.14. The van der Waals surface area contributed by atoms with E-state index in [0.717, 1.165) is 4.70 Å². The molecule has 2 aromatic carbocycles. The van der Waals surface area contributed by atoms with Crippen molar-refractivity contribution in [3.8, 4) is 5.75 Å². The third-order valence-corrected chi connectivity index (χ3v) is 9.23. The second-order valence-corrected chi connectivity index (χ2v) is 13.6. The van der Waals surface area contributed by atoms with Crippen LogP contribution in [0.3, 0.4) is 0 Å². The van der Waals surface area contributed by atoms with Crippen LogP contribution in [0.4, 0.5) is 9.59 Å². The van der Waals surface area contributed by atoms with Gasteiger partial charge >= 0.3 is 12.2 Å². The van der Waals surface area contributed by atoms with Gasteiger partial charge in [0, 0.05) is 16.9 Å². The van der Waals surface area contributed by atoms with E-state index >= 15 is 0 Å². The molecule has 1 aromatic heterocycles. The van der Waals surface area contributed by atoms with E-state index in [1.807, 2.05) is 0 Å². The number of rotatable bonds is 9. The van der Waals surface area contributed by atoms with Gasteiger partial charge in [0.2, 0.25) is 5.88 Å². The summed E-state index contributed by atoms with van der Waals surface area (Å²) in [6.45, 7) is 6.78. The topological polar surface area (TPSA) is 171 Å². The molecule has 3 heterocycles. The summed E-state index contributed by atoms with van der Waals surface area (Å²) in [5.74, 6) is -0.320. The van der Waals surface area contributed by atoms with Crippen molar-refractivity contribution in [1.29, 1.82) is 0 Å². The van der Waals surface area contributed by atoms with Crippen LogP contribution in [-0.4, -0.2) is 63.8 Å². The average Bonchev–Trinajstić information content (AvgIpc) is 3.50. The van der Waals surface area contributed by atoms with E-state index in [2.05, 4.69) is 15.6 Å². The van der Waals surface area contributed by atoms with Crippen LogP contribution in [0, 0.1) is 0 Å². The molecule has 4 N–H and O–H groups in total. The van der Waals surface area contributed by atoms with Gasteiger partial charge in [-0.05, 0) is 57.5 Å². The number of carbonyl (C=O) groups excluding carboxylic acids is 4. The summed E-state index contributed by atoms with van der Waals surface area (Å²) in [5.41, 5.74) is 7.58. The molecule has 47 heavy (non-hydrogen) atoms. The largest absolute Gasteiger partial charge is 0.515 e. The summed E-state index contributed by atoms with van der Waals surface area (Å²) < 4.78 is 22.2. The standard InChI is InChI=1S/C32H35N5O8S2/c1-6-7-19-16-46-27-24(25(38)37(27)26(19)44-30(41)43-15-18-8-11-21(42-5)12-9-18)35-28(39)32(33,36-29(40)45-31(2,3)4)20-10-13-22-23(14-20)47-17-34-22/h6-14,17,24,27H,15-16,33H2,1-5H3,(H,35,39)(H,36,40)/b7-6-/t24?,27-,32?/m0/s1. The number of alkyl carbamates (subject to hydrolysis) is 1. The highest BCUT2D eigenvalue weighted by Gasteiger charge is 2.55. The van der Waals surface area contributed by atoms with Crippen LogP contribution in [-0.2, 0) is 36.1 Å². The maximum absolute atomic E-state index is 13.9. The van der Waals surface area contributed by atoms with Gasteiger partial charge in [0.15, 0.2) is 5.66 Å². The van der Waals surface area contributed by atoms with Crippen molar-refractivity contribution in [1.82, 2.24) is 20.5 Å². The first kappa shape index (κ1) is 33.8. The number of β-lactam (4-membered cyclic amide) rings is 1. The van der Waals surface area contributed by atoms with Gasteiger partial charge in [0.1, 0.15) is 29.4 Å². The highest BCUT2D eigenvalue weighted by molar-refractivity contribution is 8.00. The minimum atomic E-state index is -2.11. The Kier molecular flexibility index (Phi) is 9.79. The summed E-state index contributed by atoms with van der Waals surface area (Å²) in [4.78, 5) is 58.7. The zero-order chi connectivity index (χ0) is 33.9. The minimum Gasteiger partial charge on any atom is -0.497 e.